The number of hydrogen-bond acceptors (Lipinski definition) is 7. The summed E-state index contributed by atoms with van der Waals surface area (Å²) in [6.07, 6.45) is 2.89. The summed E-state index contributed by atoms with van der Waals surface area (Å²) in [5.41, 5.74) is -0.0288. The number of amides is 1. The number of thiocarbonyl (C=S) groups is 1. The van der Waals surface area contributed by atoms with Crippen LogP contribution in [0.3, 0.4) is 0 Å². The first-order chi connectivity index (χ1) is 14.8. The summed E-state index contributed by atoms with van der Waals surface area (Å²) in [7, 11) is 0. The maximum absolute atomic E-state index is 13.2. The van der Waals surface area contributed by atoms with Crippen molar-refractivity contribution in [3.63, 3.8) is 0 Å². The zero-order valence-corrected chi connectivity index (χ0v) is 18.7. The number of ether oxygens (including phenoxy) is 1. The van der Waals surface area contributed by atoms with Crippen molar-refractivity contribution >= 4 is 67.8 Å². The van der Waals surface area contributed by atoms with Gasteiger partial charge in [-0.15, -0.1) is 0 Å². The number of hydrogen-bond donors (Lipinski definition) is 1. The summed E-state index contributed by atoms with van der Waals surface area (Å²) in [4.78, 5) is 42.3. The van der Waals surface area contributed by atoms with Gasteiger partial charge in [0.2, 0.25) is 5.88 Å². The highest BCUT2D eigenvalue weighted by Crippen LogP contribution is 2.34. The summed E-state index contributed by atoms with van der Waals surface area (Å²) < 4.78 is 8.15. The molecular formula is C20H12BrN3O5S2. The molecule has 0 unspecified atom stereocenters. The Balaban J connectivity index is 1.83. The van der Waals surface area contributed by atoms with Crippen LogP contribution in [0.15, 0.2) is 62.8 Å². The lowest BCUT2D eigenvalue weighted by molar-refractivity contribution is -0.140. The van der Waals surface area contributed by atoms with E-state index in [1.165, 1.54) is 10.5 Å². The zero-order valence-electron chi connectivity index (χ0n) is 15.5. The molecule has 1 aliphatic heterocycles. The Labute approximate surface area is 193 Å². The number of fused-ring (bicyclic) bond motifs is 1. The number of carbonyl (C=O) groups excluding carboxylic acids is 1. The van der Waals surface area contributed by atoms with Crippen LogP contribution in [0.2, 0.25) is 0 Å². The van der Waals surface area contributed by atoms with Crippen LogP contribution < -0.4 is 10.3 Å². The third kappa shape index (κ3) is 4.38. The molecule has 156 valence electrons. The van der Waals surface area contributed by atoms with Crippen LogP contribution in [0.5, 0.6) is 11.6 Å². The Morgan fingerprint density at radius 2 is 1.97 bits per heavy atom. The van der Waals surface area contributed by atoms with E-state index in [0.717, 1.165) is 21.1 Å². The molecule has 1 N–H and O–H groups in total. The van der Waals surface area contributed by atoms with Gasteiger partial charge in [-0.2, -0.15) is 4.98 Å². The highest BCUT2D eigenvalue weighted by Gasteiger charge is 2.34. The van der Waals surface area contributed by atoms with Crippen LogP contribution in [0, 0.1) is 0 Å². The lowest BCUT2D eigenvalue weighted by atomic mass is 10.2. The SMILES string of the molecule is O=C(O)CN1C(=O)/C(=C\c2c(Oc3ccc(Br)cc3)nc3ccccn3c2=O)SC1=S. The number of pyridine rings is 1. The van der Waals surface area contributed by atoms with Crippen molar-refractivity contribution in [2.45, 2.75) is 0 Å². The van der Waals surface area contributed by atoms with Gasteiger partial charge in [0.15, 0.2) is 0 Å². The minimum atomic E-state index is -1.19. The van der Waals surface area contributed by atoms with Crippen molar-refractivity contribution in [3.8, 4) is 11.6 Å². The number of benzene rings is 1. The summed E-state index contributed by atoms with van der Waals surface area (Å²) in [5.74, 6) is -1.32. The van der Waals surface area contributed by atoms with Gasteiger partial charge in [-0.05, 0) is 42.5 Å². The first-order valence-electron chi connectivity index (χ1n) is 8.75. The third-order valence-electron chi connectivity index (χ3n) is 4.20. The van der Waals surface area contributed by atoms with Crippen molar-refractivity contribution in [2.75, 3.05) is 6.54 Å². The Bertz CT molecular complexity index is 1320. The zero-order chi connectivity index (χ0) is 22.1. The minimum absolute atomic E-state index is 0.0158. The van der Waals surface area contributed by atoms with E-state index in [4.69, 9.17) is 22.1 Å². The Hall–Kier alpha value is -3.02. The fraction of sp³-hybridized carbons (Fsp3) is 0.0500. The summed E-state index contributed by atoms with van der Waals surface area (Å²) >= 11 is 9.39. The topological polar surface area (TPSA) is 101 Å². The number of carbonyl (C=O) groups is 2. The number of thioether (sulfide) groups is 1. The predicted octanol–water partition coefficient (Wildman–Crippen LogP) is 3.54. The molecule has 31 heavy (non-hydrogen) atoms. The fourth-order valence-corrected chi connectivity index (χ4v) is 4.30. The monoisotopic (exact) mass is 517 g/mol. The summed E-state index contributed by atoms with van der Waals surface area (Å²) in [6, 6.07) is 12.0. The maximum Gasteiger partial charge on any atom is 0.323 e. The molecule has 0 bridgehead atoms. The van der Waals surface area contributed by atoms with E-state index in [1.807, 2.05) is 0 Å². The largest absolute Gasteiger partial charge is 0.480 e. The first-order valence-corrected chi connectivity index (χ1v) is 10.8. The van der Waals surface area contributed by atoms with Crippen LogP contribution >= 0.6 is 39.9 Å². The number of aromatic nitrogens is 2. The van der Waals surface area contributed by atoms with Crippen molar-refractivity contribution in [2.24, 2.45) is 0 Å². The van der Waals surface area contributed by atoms with Crippen molar-refractivity contribution in [3.05, 3.63) is 74.0 Å². The summed E-state index contributed by atoms with van der Waals surface area (Å²) in [6.45, 7) is -0.556. The van der Waals surface area contributed by atoms with Crippen molar-refractivity contribution in [1.82, 2.24) is 14.3 Å². The molecule has 1 fully saturated rings. The molecular weight excluding hydrogens is 506 g/mol. The molecule has 11 heteroatoms. The molecule has 1 aromatic carbocycles. The van der Waals surface area contributed by atoms with Gasteiger partial charge in [-0.25, -0.2) is 0 Å². The second-order valence-corrected chi connectivity index (χ2v) is 8.87. The molecule has 2 aromatic heterocycles. The van der Waals surface area contributed by atoms with Gasteiger partial charge in [0.1, 0.15) is 27.8 Å². The number of carboxylic acids is 1. The Kier molecular flexibility index (Phi) is 5.90. The van der Waals surface area contributed by atoms with Crippen LogP contribution in [0.25, 0.3) is 11.7 Å². The van der Waals surface area contributed by atoms with Gasteiger partial charge in [-0.3, -0.25) is 23.7 Å². The van der Waals surface area contributed by atoms with E-state index in [-0.39, 0.29) is 20.7 Å². The molecule has 0 saturated carbocycles. The van der Waals surface area contributed by atoms with E-state index < -0.39 is 24.0 Å². The second kappa shape index (κ2) is 8.61. The second-order valence-electron chi connectivity index (χ2n) is 6.28. The highest BCUT2D eigenvalue weighted by molar-refractivity contribution is 9.10. The maximum atomic E-state index is 13.2. The van der Waals surface area contributed by atoms with Crippen LogP contribution in [-0.4, -0.2) is 42.1 Å². The molecule has 0 spiro atoms. The van der Waals surface area contributed by atoms with Crippen molar-refractivity contribution in [1.29, 1.82) is 0 Å². The molecule has 0 radical (unpaired) electrons. The van der Waals surface area contributed by atoms with Gasteiger partial charge in [0.25, 0.3) is 11.5 Å². The molecule has 0 atom stereocenters. The van der Waals surface area contributed by atoms with Gasteiger partial charge in [-0.1, -0.05) is 46.0 Å². The van der Waals surface area contributed by atoms with E-state index in [2.05, 4.69) is 20.9 Å². The van der Waals surface area contributed by atoms with E-state index in [0.29, 0.717) is 11.4 Å². The lowest BCUT2D eigenvalue weighted by Crippen LogP contribution is -2.33. The first kappa shape index (κ1) is 21.2. The molecule has 3 aromatic rings. The number of carboxylic acid groups (broad SMARTS) is 1. The molecule has 0 aliphatic carbocycles. The third-order valence-corrected chi connectivity index (χ3v) is 6.11. The van der Waals surface area contributed by atoms with Gasteiger partial charge >= 0.3 is 5.97 Å². The fourth-order valence-electron chi connectivity index (χ4n) is 2.80. The number of halogens is 1. The van der Waals surface area contributed by atoms with E-state index in [9.17, 15) is 14.4 Å². The van der Waals surface area contributed by atoms with Gasteiger partial charge in [0, 0.05) is 10.7 Å². The molecule has 1 saturated heterocycles. The molecule has 4 rings (SSSR count). The quantitative estimate of drug-likeness (QED) is 0.405. The van der Waals surface area contributed by atoms with Crippen LogP contribution in [-0.2, 0) is 9.59 Å². The van der Waals surface area contributed by atoms with E-state index in [1.54, 1.807) is 48.7 Å². The van der Waals surface area contributed by atoms with Gasteiger partial charge in [0.05, 0.1) is 4.91 Å². The van der Waals surface area contributed by atoms with Crippen LogP contribution in [0.1, 0.15) is 5.56 Å². The predicted molar refractivity (Wildman–Crippen MR) is 123 cm³/mol. The van der Waals surface area contributed by atoms with Crippen molar-refractivity contribution < 1.29 is 19.4 Å². The van der Waals surface area contributed by atoms with Gasteiger partial charge < -0.3 is 9.84 Å². The Morgan fingerprint density at radius 3 is 2.68 bits per heavy atom. The molecule has 1 aliphatic rings. The molecule has 1 amide bonds. The highest BCUT2D eigenvalue weighted by atomic mass is 79.9. The normalized spacial score (nSPS) is 15.1. The standard InChI is InChI=1S/C20H12BrN3O5S2/c21-11-4-6-12(7-5-11)29-17-13(18(27)23-8-2-1-3-15(23)22-17)9-14-19(28)24(10-16(25)26)20(30)31-14/h1-9H,10H2,(H,25,26)/b14-9+. The summed E-state index contributed by atoms with van der Waals surface area (Å²) in [5, 5.41) is 9.01. The minimum Gasteiger partial charge on any atom is -0.480 e. The molecule has 3 heterocycles. The number of aliphatic carboxylic acids is 1. The number of rotatable bonds is 5. The average molecular weight is 518 g/mol. The van der Waals surface area contributed by atoms with Crippen LogP contribution in [0.4, 0.5) is 0 Å². The number of nitrogens with zero attached hydrogens (tertiary/aromatic N) is 3. The average Bonchev–Trinajstić information content (AvgIpc) is 2.99. The smallest absolute Gasteiger partial charge is 0.323 e. The van der Waals surface area contributed by atoms with E-state index >= 15 is 0 Å². The molecule has 8 nitrogen and oxygen atoms in total. The lowest BCUT2D eigenvalue weighted by Gasteiger charge is -2.11. The Morgan fingerprint density at radius 1 is 1.23 bits per heavy atom.